The second-order valence-corrected chi connectivity index (χ2v) is 10.9. The summed E-state index contributed by atoms with van der Waals surface area (Å²) in [7, 11) is -3.39. The molecule has 0 aliphatic rings. The van der Waals surface area contributed by atoms with Gasteiger partial charge in [-0.2, -0.15) is 5.10 Å². The minimum absolute atomic E-state index is 0.509. The summed E-state index contributed by atoms with van der Waals surface area (Å²) in [5.74, 6) is 1.29. The number of rotatable bonds is 8. The summed E-state index contributed by atoms with van der Waals surface area (Å²) >= 11 is 1.39. The van der Waals surface area contributed by atoms with Crippen molar-refractivity contribution in [3.05, 3.63) is 72.4 Å². The van der Waals surface area contributed by atoms with Crippen molar-refractivity contribution in [2.24, 2.45) is 0 Å². The molecule has 0 amide bonds. The molecule has 170 valence electrons. The van der Waals surface area contributed by atoms with E-state index in [0.29, 0.717) is 22.5 Å². The molecule has 0 saturated heterocycles. The lowest BCUT2D eigenvalue weighted by molar-refractivity contribution is 0.593. The van der Waals surface area contributed by atoms with Crippen molar-refractivity contribution < 1.29 is 8.42 Å². The number of hydrogen-bond donors (Lipinski definition) is 3. The van der Waals surface area contributed by atoms with E-state index in [-0.39, 0.29) is 0 Å². The van der Waals surface area contributed by atoms with Crippen molar-refractivity contribution in [3.8, 4) is 11.3 Å². The molecule has 3 N–H and O–H groups in total. The second kappa shape index (κ2) is 9.63. The fourth-order valence-electron chi connectivity index (χ4n) is 2.88. The molecule has 8 nitrogen and oxygen atoms in total. The van der Waals surface area contributed by atoms with Crippen LogP contribution in [-0.2, 0) is 10.0 Å². The van der Waals surface area contributed by atoms with Gasteiger partial charge in [0.2, 0.25) is 10.0 Å². The van der Waals surface area contributed by atoms with Crippen LogP contribution < -0.4 is 10.0 Å². The van der Waals surface area contributed by atoms with Crippen LogP contribution in [0.5, 0.6) is 0 Å². The molecule has 0 spiro atoms. The predicted octanol–water partition coefficient (Wildman–Crippen LogP) is 5.22. The highest BCUT2D eigenvalue weighted by atomic mass is 32.2. The molecular weight excluding hydrogens is 456 g/mol. The van der Waals surface area contributed by atoms with Crippen molar-refractivity contribution in [2.75, 3.05) is 10.0 Å². The van der Waals surface area contributed by atoms with E-state index in [0.717, 1.165) is 21.8 Å². The highest BCUT2D eigenvalue weighted by Crippen LogP contribution is 2.30. The smallest absolute Gasteiger partial charge is 0.235 e. The van der Waals surface area contributed by atoms with Gasteiger partial charge in [0.15, 0.2) is 11.0 Å². The summed E-state index contributed by atoms with van der Waals surface area (Å²) in [6.07, 6.45) is 0. The zero-order chi connectivity index (χ0) is 23.4. The van der Waals surface area contributed by atoms with Crippen LogP contribution in [0.25, 0.3) is 11.3 Å². The zero-order valence-corrected chi connectivity index (χ0v) is 20.0. The molecule has 4 aromatic rings. The first-order chi connectivity index (χ1) is 15.8. The Morgan fingerprint density at radius 1 is 0.939 bits per heavy atom. The molecule has 0 atom stereocenters. The minimum Gasteiger partial charge on any atom is -0.323 e. The lowest BCUT2D eigenvalue weighted by Gasteiger charge is -2.11. The van der Waals surface area contributed by atoms with Gasteiger partial charge in [-0.05, 0) is 56.8 Å². The van der Waals surface area contributed by atoms with Gasteiger partial charge < -0.3 is 5.32 Å². The van der Waals surface area contributed by atoms with E-state index in [1.54, 1.807) is 26.0 Å². The van der Waals surface area contributed by atoms with E-state index in [9.17, 15) is 8.42 Å². The van der Waals surface area contributed by atoms with Gasteiger partial charge in [-0.3, -0.25) is 9.82 Å². The molecule has 0 radical (unpaired) electrons. The lowest BCUT2D eigenvalue weighted by Crippen LogP contribution is -2.22. The Balaban J connectivity index is 1.60. The molecule has 0 aliphatic carbocycles. The maximum atomic E-state index is 12.1. The average Bonchev–Trinajstić information content (AvgIpc) is 3.19. The van der Waals surface area contributed by atoms with E-state index >= 15 is 0 Å². The number of sulfonamides is 1. The number of nitrogens with zero attached hydrogens (tertiary/aromatic N) is 3. The molecule has 2 aromatic heterocycles. The average molecular weight is 481 g/mol. The molecule has 2 aromatic carbocycles. The van der Waals surface area contributed by atoms with Crippen molar-refractivity contribution in [1.82, 2.24) is 20.2 Å². The van der Waals surface area contributed by atoms with Crippen LogP contribution in [-0.4, -0.2) is 33.8 Å². The Morgan fingerprint density at radius 2 is 1.67 bits per heavy atom. The van der Waals surface area contributed by atoms with Gasteiger partial charge >= 0.3 is 0 Å². The third-order valence-electron chi connectivity index (χ3n) is 4.68. The van der Waals surface area contributed by atoms with Crippen molar-refractivity contribution in [2.45, 2.75) is 36.1 Å². The number of anilines is 3. The van der Waals surface area contributed by atoms with Gasteiger partial charge in [-0.1, -0.05) is 30.3 Å². The normalized spacial score (nSPS) is 11.5. The van der Waals surface area contributed by atoms with E-state index in [1.807, 2.05) is 61.5 Å². The van der Waals surface area contributed by atoms with Crippen LogP contribution in [0.4, 0.5) is 17.3 Å². The van der Waals surface area contributed by atoms with E-state index in [1.165, 1.54) is 11.8 Å². The predicted molar refractivity (Wildman–Crippen MR) is 132 cm³/mol. The maximum Gasteiger partial charge on any atom is 0.235 e. The summed E-state index contributed by atoms with van der Waals surface area (Å²) in [6.45, 7) is 5.21. The SMILES string of the molecule is Cc1cc(Nc2cc(-c3ccccc3)nc(Sc3ccc(NS(=O)(=O)C(C)C)cc3)n2)n[nH]1. The van der Waals surface area contributed by atoms with Crippen molar-refractivity contribution >= 4 is 39.1 Å². The molecule has 0 bridgehead atoms. The Morgan fingerprint density at radius 3 is 2.30 bits per heavy atom. The van der Waals surface area contributed by atoms with Crippen molar-refractivity contribution in [1.29, 1.82) is 0 Å². The molecule has 0 unspecified atom stereocenters. The van der Waals surface area contributed by atoms with Crippen LogP contribution in [0.1, 0.15) is 19.5 Å². The second-order valence-electron chi connectivity index (χ2n) is 7.67. The third-order valence-corrected chi connectivity index (χ3v) is 7.32. The molecule has 0 fully saturated rings. The van der Waals surface area contributed by atoms with Gasteiger partial charge in [-0.25, -0.2) is 18.4 Å². The van der Waals surface area contributed by atoms with E-state index in [4.69, 9.17) is 4.98 Å². The molecule has 0 saturated carbocycles. The Hall–Kier alpha value is -3.37. The molecule has 4 rings (SSSR count). The maximum absolute atomic E-state index is 12.1. The van der Waals surface area contributed by atoms with Crippen molar-refractivity contribution in [3.63, 3.8) is 0 Å². The molecule has 33 heavy (non-hydrogen) atoms. The number of benzene rings is 2. The number of aromatic nitrogens is 4. The number of aromatic amines is 1. The van der Waals surface area contributed by atoms with Crippen LogP contribution in [0.2, 0.25) is 0 Å². The highest BCUT2D eigenvalue weighted by molar-refractivity contribution is 7.99. The largest absolute Gasteiger partial charge is 0.323 e. The summed E-state index contributed by atoms with van der Waals surface area (Å²) in [5.41, 5.74) is 3.21. The van der Waals surface area contributed by atoms with Gasteiger partial charge in [-0.15, -0.1) is 0 Å². The molecule has 10 heteroatoms. The molecule has 2 heterocycles. The third kappa shape index (κ3) is 5.91. The van der Waals surface area contributed by atoms with Crippen LogP contribution in [0, 0.1) is 6.92 Å². The van der Waals surface area contributed by atoms with Gasteiger partial charge in [0, 0.05) is 34.0 Å². The fourth-order valence-corrected chi connectivity index (χ4v) is 4.35. The lowest BCUT2D eigenvalue weighted by atomic mass is 10.1. The number of H-pyrrole nitrogens is 1. The highest BCUT2D eigenvalue weighted by Gasteiger charge is 2.15. The number of aryl methyl sites for hydroxylation is 1. The molecular formula is C23H24N6O2S2. The van der Waals surface area contributed by atoms with Crippen LogP contribution >= 0.6 is 11.8 Å². The zero-order valence-electron chi connectivity index (χ0n) is 18.4. The summed E-state index contributed by atoms with van der Waals surface area (Å²) in [4.78, 5) is 10.2. The van der Waals surface area contributed by atoms with Gasteiger partial charge in [0.05, 0.1) is 10.9 Å². The first-order valence-electron chi connectivity index (χ1n) is 10.3. The fraction of sp³-hybridized carbons (Fsp3) is 0.174. The summed E-state index contributed by atoms with van der Waals surface area (Å²) in [5, 5.41) is 10.4. The van der Waals surface area contributed by atoms with Gasteiger partial charge in [0.1, 0.15) is 5.82 Å². The Kier molecular flexibility index (Phi) is 6.66. The minimum atomic E-state index is -3.39. The first kappa shape index (κ1) is 22.8. The first-order valence-corrected chi connectivity index (χ1v) is 12.7. The topological polar surface area (TPSA) is 113 Å². The number of nitrogens with one attached hydrogen (secondary N) is 3. The van der Waals surface area contributed by atoms with Crippen LogP contribution in [0.15, 0.2) is 76.8 Å². The summed E-state index contributed by atoms with van der Waals surface area (Å²) in [6, 6.07) is 20.8. The monoisotopic (exact) mass is 480 g/mol. The standard InChI is InChI=1S/C23H24N6O2S2/c1-15(2)33(30,31)29-18-9-11-19(12-10-18)32-23-24-20(17-7-5-4-6-8-17)14-21(26-23)25-22-13-16(3)27-28-22/h4-15,29H,1-3H3,(H2,24,25,26,27,28). The molecule has 0 aliphatic heterocycles. The van der Waals surface area contributed by atoms with Gasteiger partial charge in [0.25, 0.3) is 0 Å². The Labute approximate surface area is 197 Å². The summed E-state index contributed by atoms with van der Waals surface area (Å²) < 4.78 is 26.8. The Bertz CT molecular complexity index is 1340. The number of hydrogen-bond acceptors (Lipinski definition) is 7. The van der Waals surface area contributed by atoms with E-state index in [2.05, 4.69) is 25.2 Å². The quantitative estimate of drug-likeness (QED) is 0.296. The van der Waals surface area contributed by atoms with E-state index < -0.39 is 15.3 Å². The van der Waals surface area contributed by atoms with Crippen LogP contribution in [0.3, 0.4) is 0 Å².